The molecular formula is C18H27NO3. The Kier molecular flexibility index (Phi) is 4.89. The predicted molar refractivity (Wildman–Crippen MR) is 86.7 cm³/mol. The predicted octanol–water partition coefficient (Wildman–Crippen LogP) is 2.75. The van der Waals surface area contributed by atoms with E-state index in [9.17, 15) is 0 Å². The second-order valence-electron chi connectivity index (χ2n) is 6.51. The fraction of sp³-hybridized carbons (Fsp3) is 0.667. The number of benzene rings is 1. The molecule has 0 saturated carbocycles. The standard InChI is InChI=1S/C18H27NO3/c1-13-10-15-12-19(9-7-16(15)22-13)8-6-14-4-5-17(20-2)18(11-14)21-3/h4-5,11,13,15-16H,6-10,12H2,1-3H3/t13-,15-,16+/m0/s1. The van der Waals surface area contributed by atoms with Crippen molar-refractivity contribution in [3.63, 3.8) is 0 Å². The number of likely N-dealkylation sites (tertiary alicyclic amines) is 1. The molecule has 0 spiro atoms. The van der Waals surface area contributed by atoms with Crippen molar-refractivity contribution < 1.29 is 14.2 Å². The van der Waals surface area contributed by atoms with Crippen LogP contribution < -0.4 is 9.47 Å². The average Bonchev–Trinajstić information content (AvgIpc) is 2.91. The highest BCUT2D eigenvalue weighted by Gasteiger charge is 2.36. The van der Waals surface area contributed by atoms with Crippen LogP contribution in [0.2, 0.25) is 0 Å². The van der Waals surface area contributed by atoms with Crippen molar-refractivity contribution >= 4 is 0 Å². The molecule has 122 valence electrons. The van der Waals surface area contributed by atoms with Gasteiger partial charge in [-0.1, -0.05) is 6.07 Å². The van der Waals surface area contributed by atoms with Crippen LogP contribution in [0.4, 0.5) is 0 Å². The first-order valence-corrected chi connectivity index (χ1v) is 8.28. The van der Waals surface area contributed by atoms with E-state index in [-0.39, 0.29) is 0 Å². The number of hydrogen-bond donors (Lipinski definition) is 0. The lowest BCUT2D eigenvalue weighted by Crippen LogP contribution is -2.42. The summed E-state index contributed by atoms with van der Waals surface area (Å²) in [5.41, 5.74) is 1.30. The van der Waals surface area contributed by atoms with E-state index < -0.39 is 0 Å². The minimum atomic E-state index is 0.445. The average molecular weight is 305 g/mol. The molecule has 3 atom stereocenters. The summed E-state index contributed by atoms with van der Waals surface area (Å²) in [6.45, 7) is 5.64. The smallest absolute Gasteiger partial charge is 0.160 e. The molecule has 2 heterocycles. The van der Waals surface area contributed by atoms with Crippen molar-refractivity contribution in [2.45, 2.75) is 38.4 Å². The first-order valence-electron chi connectivity index (χ1n) is 8.28. The molecule has 4 nitrogen and oxygen atoms in total. The zero-order valence-corrected chi connectivity index (χ0v) is 13.9. The van der Waals surface area contributed by atoms with Crippen molar-refractivity contribution in [3.05, 3.63) is 23.8 Å². The number of rotatable bonds is 5. The van der Waals surface area contributed by atoms with Crippen LogP contribution in [0.5, 0.6) is 11.5 Å². The van der Waals surface area contributed by atoms with E-state index in [4.69, 9.17) is 14.2 Å². The summed E-state index contributed by atoms with van der Waals surface area (Å²) in [5, 5.41) is 0. The normalized spacial score (nSPS) is 28.4. The van der Waals surface area contributed by atoms with E-state index >= 15 is 0 Å². The minimum absolute atomic E-state index is 0.445. The number of piperidine rings is 1. The molecule has 2 saturated heterocycles. The van der Waals surface area contributed by atoms with Crippen LogP contribution in [0.25, 0.3) is 0 Å². The fourth-order valence-corrected chi connectivity index (χ4v) is 3.80. The summed E-state index contributed by atoms with van der Waals surface area (Å²) in [4.78, 5) is 2.58. The van der Waals surface area contributed by atoms with Gasteiger partial charge < -0.3 is 19.1 Å². The van der Waals surface area contributed by atoms with Crippen molar-refractivity contribution in [1.29, 1.82) is 0 Å². The second kappa shape index (κ2) is 6.88. The van der Waals surface area contributed by atoms with Gasteiger partial charge in [0.25, 0.3) is 0 Å². The largest absolute Gasteiger partial charge is 0.493 e. The van der Waals surface area contributed by atoms with Crippen LogP contribution in [0, 0.1) is 5.92 Å². The second-order valence-corrected chi connectivity index (χ2v) is 6.51. The topological polar surface area (TPSA) is 30.9 Å². The maximum Gasteiger partial charge on any atom is 0.160 e. The number of nitrogens with zero attached hydrogens (tertiary/aromatic N) is 1. The van der Waals surface area contributed by atoms with E-state index in [0.717, 1.165) is 36.9 Å². The first-order chi connectivity index (χ1) is 10.7. The molecule has 2 aliphatic heterocycles. The number of fused-ring (bicyclic) bond motifs is 1. The quantitative estimate of drug-likeness (QED) is 0.837. The highest BCUT2D eigenvalue weighted by molar-refractivity contribution is 5.42. The van der Waals surface area contributed by atoms with Gasteiger partial charge in [0.2, 0.25) is 0 Å². The van der Waals surface area contributed by atoms with E-state index in [1.807, 2.05) is 6.07 Å². The molecule has 0 unspecified atom stereocenters. The van der Waals surface area contributed by atoms with Gasteiger partial charge in [0.1, 0.15) is 0 Å². The third-order valence-corrected chi connectivity index (χ3v) is 4.95. The number of ether oxygens (including phenoxy) is 3. The van der Waals surface area contributed by atoms with Crippen LogP contribution in [-0.2, 0) is 11.2 Å². The van der Waals surface area contributed by atoms with E-state index in [1.54, 1.807) is 14.2 Å². The molecule has 0 aromatic heterocycles. The lowest BCUT2D eigenvalue weighted by molar-refractivity contribution is 0.00774. The lowest BCUT2D eigenvalue weighted by atomic mass is 9.93. The molecule has 1 aromatic rings. The summed E-state index contributed by atoms with van der Waals surface area (Å²) in [7, 11) is 3.36. The molecule has 0 N–H and O–H groups in total. The molecule has 0 radical (unpaired) electrons. The minimum Gasteiger partial charge on any atom is -0.493 e. The molecule has 1 aromatic carbocycles. The monoisotopic (exact) mass is 305 g/mol. The first kappa shape index (κ1) is 15.6. The van der Waals surface area contributed by atoms with Gasteiger partial charge >= 0.3 is 0 Å². The van der Waals surface area contributed by atoms with Gasteiger partial charge in [-0.2, -0.15) is 0 Å². The third kappa shape index (κ3) is 3.39. The van der Waals surface area contributed by atoms with Gasteiger partial charge in [-0.05, 0) is 43.9 Å². The Labute approximate surface area is 133 Å². The molecule has 3 rings (SSSR count). The Bertz CT molecular complexity index is 505. The molecule has 0 aliphatic carbocycles. The summed E-state index contributed by atoms with van der Waals surface area (Å²) >= 11 is 0. The maximum atomic E-state index is 5.98. The van der Waals surface area contributed by atoms with Crippen LogP contribution in [0.3, 0.4) is 0 Å². The van der Waals surface area contributed by atoms with E-state index in [2.05, 4.69) is 24.0 Å². The van der Waals surface area contributed by atoms with Crippen molar-refractivity contribution in [1.82, 2.24) is 4.90 Å². The number of hydrogen-bond acceptors (Lipinski definition) is 4. The Morgan fingerprint density at radius 3 is 2.82 bits per heavy atom. The van der Waals surface area contributed by atoms with Crippen LogP contribution in [0.15, 0.2) is 18.2 Å². The van der Waals surface area contributed by atoms with Crippen molar-refractivity contribution in [2.24, 2.45) is 5.92 Å². The highest BCUT2D eigenvalue weighted by Crippen LogP contribution is 2.33. The van der Waals surface area contributed by atoms with E-state index in [0.29, 0.717) is 12.2 Å². The van der Waals surface area contributed by atoms with Gasteiger partial charge in [-0.3, -0.25) is 0 Å². The van der Waals surface area contributed by atoms with Crippen LogP contribution >= 0.6 is 0 Å². The van der Waals surface area contributed by atoms with Crippen molar-refractivity contribution in [2.75, 3.05) is 33.9 Å². The Hall–Kier alpha value is -1.26. The molecule has 0 bridgehead atoms. The van der Waals surface area contributed by atoms with Gasteiger partial charge in [-0.15, -0.1) is 0 Å². The number of methoxy groups -OCH3 is 2. The zero-order chi connectivity index (χ0) is 15.5. The fourth-order valence-electron chi connectivity index (χ4n) is 3.80. The molecule has 2 aliphatic rings. The molecule has 0 amide bonds. The van der Waals surface area contributed by atoms with Crippen LogP contribution in [-0.4, -0.2) is 51.0 Å². The molecular weight excluding hydrogens is 278 g/mol. The SMILES string of the molecule is COc1ccc(CCN2CC[C@H]3O[C@@H](C)C[C@H]3C2)cc1OC. The Morgan fingerprint density at radius 2 is 2.05 bits per heavy atom. The highest BCUT2D eigenvalue weighted by atomic mass is 16.5. The maximum absolute atomic E-state index is 5.98. The van der Waals surface area contributed by atoms with Gasteiger partial charge in [0.15, 0.2) is 11.5 Å². The molecule has 2 fully saturated rings. The summed E-state index contributed by atoms with van der Waals surface area (Å²) in [6.07, 6.45) is 4.40. The lowest BCUT2D eigenvalue weighted by Gasteiger charge is -2.34. The Morgan fingerprint density at radius 1 is 1.23 bits per heavy atom. The Balaban J connectivity index is 1.54. The summed E-state index contributed by atoms with van der Waals surface area (Å²) in [5.74, 6) is 2.34. The van der Waals surface area contributed by atoms with Gasteiger partial charge in [0, 0.05) is 25.6 Å². The third-order valence-electron chi connectivity index (χ3n) is 4.95. The van der Waals surface area contributed by atoms with Crippen molar-refractivity contribution in [3.8, 4) is 11.5 Å². The summed E-state index contributed by atoms with van der Waals surface area (Å²) < 4.78 is 16.7. The molecule has 4 heteroatoms. The van der Waals surface area contributed by atoms with E-state index in [1.165, 1.54) is 24.9 Å². The zero-order valence-electron chi connectivity index (χ0n) is 13.9. The van der Waals surface area contributed by atoms with Crippen LogP contribution in [0.1, 0.15) is 25.3 Å². The van der Waals surface area contributed by atoms with Gasteiger partial charge in [-0.25, -0.2) is 0 Å². The summed E-state index contributed by atoms with van der Waals surface area (Å²) in [6, 6.07) is 6.22. The van der Waals surface area contributed by atoms with Gasteiger partial charge in [0.05, 0.1) is 26.4 Å². The molecule has 22 heavy (non-hydrogen) atoms.